The molecule has 1 atom stereocenters. The van der Waals surface area contributed by atoms with Gasteiger partial charge in [-0.15, -0.1) is 0 Å². The van der Waals surface area contributed by atoms with Crippen molar-refractivity contribution >= 4 is 23.6 Å². The third-order valence-electron chi connectivity index (χ3n) is 7.88. The summed E-state index contributed by atoms with van der Waals surface area (Å²) in [5.74, 6) is -0.657. The summed E-state index contributed by atoms with van der Waals surface area (Å²) >= 11 is 0. The molecule has 6 rings (SSSR count). The third kappa shape index (κ3) is 4.33. The van der Waals surface area contributed by atoms with E-state index in [2.05, 4.69) is 10.2 Å². The minimum absolute atomic E-state index is 0.0670. The second-order valence-electron chi connectivity index (χ2n) is 10.3. The number of carbonyl (C=O) groups excluding carboxylic acids is 4. The molecule has 0 bridgehead atoms. The topological polar surface area (TPSA) is 125 Å². The van der Waals surface area contributed by atoms with Crippen LogP contribution in [0.2, 0.25) is 0 Å². The number of nitrogens with zero attached hydrogens (tertiary/aromatic N) is 2. The van der Waals surface area contributed by atoms with Gasteiger partial charge in [-0.1, -0.05) is 12.1 Å². The Morgan fingerprint density at radius 2 is 1.66 bits per heavy atom. The largest absolute Gasteiger partial charge is 0.490 e. The van der Waals surface area contributed by atoms with Gasteiger partial charge in [0.15, 0.2) is 11.5 Å². The van der Waals surface area contributed by atoms with E-state index in [1.807, 2.05) is 18.2 Å². The van der Waals surface area contributed by atoms with Crippen LogP contribution in [0.3, 0.4) is 0 Å². The maximum absolute atomic E-state index is 13.2. The van der Waals surface area contributed by atoms with E-state index < -0.39 is 35.3 Å². The van der Waals surface area contributed by atoms with Gasteiger partial charge in [0.05, 0.1) is 29.9 Å². The van der Waals surface area contributed by atoms with Gasteiger partial charge in [0.25, 0.3) is 11.8 Å². The van der Waals surface area contributed by atoms with Gasteiger partial charge in [-0.3, -0.25) is 34.3 Å². The smallest absolute Gasteiger partial charge is 0.262 e. The molecular weight excluding hydrogens is 490 g/mol. The minimum Gasteiger partial charge on any atom is -0.490 e. The van der Waals surface area contributed by atoms with Crippen LogP contribution in [0.1, 0.15) is 63.9 Å². The molecule has 4 amide bonds. The Bertz CT molecular complexity index is 1330. The number of piperidine rings is 2. The van der Waals surface area contributed by atoms with Gasteiger partial charge < -0.3 is 14.6 Å². The Kier molecular flexibility index (Phi) is 6.16. The lowest BCUT2D eigenvalue weighted by atomic mass is 9.83. The molecule has 0 aliphatic carbocycles. The fourth-order valence-corrected chi connectivity index (χ4v) is 5.69. The average molecular weight is 520 g/mol. The summed E-state index contributed by atoms with van der Waals surface area (Å²) in [5, 5.41) is 13.7. The highest BCUT2D eigenvalue weighted by Gasteiger charge is 2.45. The number of likely N-dealkylation sites (tertiary alicyclic amines) is 1. The molecular formula is C28H29N3O7. The number of aliphatic hydroxyl groups is 1. The van der Waals surface area contributed by atoms with E-state index in [9.17, 15) is 24.3 Å². The summed E-state index contributed by atoms with van der Waals surface area (Å²) in [7, 11) is 0. The highest BCUT2D eigenvalue weighted by molar-refractivity contribution is 6.23. The van der Waals surface area contributed by atoms with E-state index in [4.69, 9.17) is 9.47 Å². The average Bonchev–Trinajstić information content (AvgIpc) is 3.04. The molecule has 2 saturated heterocycles. The Labute approximate surface area is 219 Å². The van der Waals surface area contributed by atoms with Crippen LogP contribution in [0.15, 0.2) is 36.4 Å². The number of carbonyl (C=O) groups is 4. The van der Waals surface area contributed by atoms with Crippen molar-refractivity contribution < 1.29 is 33.8 Å². The molecule has 0 aromatic heterocycles. The normalized spacial score (nSPS) is 23.2. The number of hydrogen-bond acceptors (Lipinski definition) is 8. The predicted octanol–water partition coefficient (Wildman–Crippen LogP) is 1.73. The van der Waals surface area contributed by atoms with Gasteiger partial charge in [0, 0.05) is 32.5 Å². The van der Waals surface area contributed by atoms with Crippen molar-refractivity contribution in [2.24, 2.45) is 0 Å². The molecule has 4 aliphatic heterocycles. The summed E-state index contributed by atoms with van der Waals surface area (Å²) < 4.78 is 11.5. The Balaban J connectivity index is 1.14. The van der Waals surface area contributed by atoms with E-state index in [0.29, 0.717) is 51.3 Å². The van der Waals surface area contributed by atoms with Gasteiger partial charge in [-0.25, -0.2) is 0 Å². The maximum Gasteiger partial charge on any atom is 0.262 e. The monoisotopic (exact) mass is 519 g/mol. The fraction of sp³-hybridized carbons (Fsp3) is 0.429. The first kappa shape index (κ1) is 24.6. The lowest BCUT2D eigenvalue weighted by molar-refractivity contribution is -0.136. The van der Waals surface area contributed by atoms with E-state index in [0.717, 1.165) is 28.4 Å². The minimum atomic E-state index is -1.14. The maximum atomic E-state index is 13.2. The van der Waals surface area contributed by atoms with Crippen molar-refractivity contribution in [2.75, 3.05) is 26.3 Å². The quantitative estimate of drug-likeness (QED) is 0.585. The zero-order valence-electron chi connectivity index (χ0n) is 20.9. The molecule has 10 heteroatoms. The number of hydrogen-bond donors (Lipinski definition) is 2. The van der Waals surface area contributed by atoms with Gasteiger partial charge >= 0.3 is 0 Å². The molecule has 10 nitrogen and oxygen atoms in total. The van der Waals surface area contributed by atoms with E-state index >= 15 is 0 Å². The van der Waals surface area contributed by atoms with Crippen molar-refractivity contribution in [2.45, 2.75) is 50.3 Å². The molecule has 1 unspecified atom stereocenters. The number of benzene rings is 2. The van der Waals surface area contributed by atoms with Crippen LogP contribution in [-0.2, 0) is 21.7 Å². The van der Waals surface area contributed by atoms with Crippen LogP contribution in [0.4, 0.5) is 0 Å². The van der Waals surface area contributed by atoms with Crippen molar-refractivity contribution in [1.29, 1.82) is 0 Å². The first-order valence-corrected chi connectivity index (χ1v) is 13.0. The number of nitrogens with one attached hydrogen (secondary N) is 1. The van der Waals surface area contributed by atoms with E-state index in [1.54, 1.807) is 18.2 Å². The Morgan fingerprint density at radius 3 is 2.42 bits per heavy atom. The zero-order chi connectivity index (χ0) is 26.4. The molecule has 0 radical (unpaired) electrons. The van der Waals surface area contributed by atoms with Crippen LogP contribution in [0.25, 0.3) is 0 Å². The molecule has 2 N–H and O–H groups in total. The first-order chi connectivity index (χ1) is 18.3. The van der Waals surface area contributed by atoms with Crippen molar-refractivity contribution in [3.05, 3.63) is 58.7 Å². The molecule has 4 heterocycles. The SMILES string of the molecule is O=C1CCC(N2C(=O)c3ccc(C4(O)CCN(Cc5ccc6c(c5)OCCCO6)CC4)cc3C2=O)C(=O)N1. The number of imide groups is 2. The Morgan fingerprint density at radius 1 is 0.921 bits per heavy atom. The lowest BCUT2D eigenvalue weighted by Gasteiger charge is -2.38. The summed E-state index contributed by atoms with van der Waals surface area (Å²) in [5.41, 5.74) is 0.938. The highest BCUT2D eigenvalue weighted by Crippen LogP contribution is 2.37. The molecule has 2 aromatic carbocycles. The molecule has 2 aromatic rings. The first-order valence-electron chi connectivity index (χ1n) is 13.0. The van der Waals surface area contributed by atoms with Crippen molar-refractivity contribution in [3.8, 4) is 11.5 Å². The second-order valence-corrected chi connectivity index (χ2v) is 10.3. The van der Waals surface area contributed by atoms with Gasteiger partial charge in [-0.05, 0) is 54.7 Å². The molecule has 4 aliphatic rings. The number of ether oxygens (including phenoxy) is 2. The molecule has 198 valence electrons. The molecule has 2 fully saturated rings. The summed E-state index contributed by atoms with van der Waals surface area (Å²) in [6.07, 6.45) is 1.96. The molecule has 0 saturated carbocycles. The number of amides is 4. The van der Waals surface area contributed by atoms with E-state index in [-0.39, 0.29) is 24.0 Å². The predicted molar refractivity (Wildman–Crippen MR) is 134 cm³/mol. The van der Waals surface area contributed by atoms with Crippen LogP contribution in [0.5, 0.6) is 11.5 Å². The molecule has 0 spiro atoms. The zero-order valence-corrected chi connectivity index (χ0v) is 20.9. The lowest BCUT2D eigenvalue weighted by Crippen LogP contribution is -2.54. The van der Waals surface area contributed by atoms with Crippen molar-refractivity contribution in [1.82, 2.24) is 15.1 Å². The summed E-state index contributed by atoms with van der Waals surface area (Å²) in [6.45, 7) is 3.29. The summed E-state index contributed by atoms with van der Waals surface area (Å²) in [6, 6.07) is 9.80. The van der Waals surface area contributed by atoms with Crippen LogP contribution < -0.4 is 14.8 Å². The van der Waals surface area contributed by atoms with Crippen LogP contribution >= 0.6 is 0 Å². The summed E-state index contributed by atoms with van der Waals surface area (Å²) in [4.78, 5) is 53.2. The van der Waals surface area contributed by atoms with Crippen molar-refractivity contribution in [3.63, 3.8) is 0 Å². The molecule has 38 heavy (non-hydrogen) atoms. The standard InChI is InChI=1S/C28H29N3O7/c32-24-7-5-21(25(33)29-24)31-26(34)19-4-3-18(15-20(19)27(31)35)28(36)8-10-30(11-9-28)16-17-2-6-22-23(14-17)38-13-1-12-37-22/h2-4,6,14-15,21,36H,1,5,7-13,16H2,(H,29,32,33). The Hall–Kier alpha value is -3.76. The highest BCUT2D eigenvalue weighted by atomic mass is 16.5. The van der Waals surface area contributed by atoms with Gasteiger partial charge in [0.2, 0.25) is 11.8 Å². The van der Waals surface area contributed by atoms with Crippen LogP contribution in [0, 0.1) is 0 Å². The fourth-order valence-electron chi connectivity index (χ4n) is 5.69. The third-order valence-corrected chi connectivity index (χ3v) is 7.88. The number of fused-ring (bicyclic) bond motifs is 2. The number of rotatable bonds is 4. The van der Waals surface area contributed by atoms with Gasteiger partial charge in [-0.2, -0.15) is 0 Å². The van der Waals surface area contributed by atoms with Gasteiger partial charge in [0.1, 0.15) is 6.04 Å². The van der Waals surface area contributed by atoms with E-state index in [1.165, 1.54) is 0 Å². The second kappa shape index (κ2) is 9.52. The van der Waals surface area contributed by atoms with Crippen LogP contribution in [-0.4, -0.2) is 70.9 Å².